The van der Waals surface area contributed by atoms with Crippen LogP contribution in [0.4, 0.5) is 0 Å². The molecule has 7 nitrogen and oxygen atoms in total. The first-order chi connectivity index (χ1) is 11.2. The van der Waals surface area contributed by atoms with Crippen LogP contribution < -0.4 is 80.0 Å². The molecule has 2 N–H and O–H groups in total. The summed E-state index contributed by atoms with van der Waals surface area (Å²) in [6, 6.07) is 6.50. The molecule has 0 saturated carbocycles. The van der Waals surface area contributed by atoms with Gasteiger partial charge in [0.25, 0.3) is 0 Å². The second kappa shape index (κ2) is 11.1. The summed E-state index contributed by atoms with van der Waals surface area (Å²) in [6.45, 7) is 3.34. The number of hydrogen-bond acceptors (Lipinski definition) is 7. The predicted octanol–water partition coefficient (Wildman–Crippen LogP) is -7.97. The number of aliphatic carboxylic acids is 2. The minimum Gasteiger partial charge on any atom is -0.548 e. The molecule has 1 amide bonds. The number of rotatable bonds is 6. The van der Waals surface area contributed by atoms with E-state index in [-0.39, 0.29) is 65.5 Å². The van der Waals surface area contributed by atoms with E-state index in [0.717, 1.165) is 17.3 Å². The van der Waals surface area contributed by atoms with Gasteiger partial charge in [0.1, 0.15) is 0 Å². The van der Waals surface area contributed by atoms with Gasteiger partial charge in [-0.15, -0.1) is 11.8 Å². The van der Waals surface area contributed by atoms with Gasteiger partial charge in [-0.3, -0.25) is 10.1 Å². The molecule has 1 aliphatic rings. The summed E-state index contributed by atoms with van der Waals surface area (Å²) in [7, 11) is 0. The van der Waals surface area contributed by atoms with Crippen molar-refractivity contribution in [1.29, 1.82) is 0 Å². The third-order valence-electron chi connectivity index (χ3n) is 3.77. The third kappa shape index (κ3) is 6.83. The molecule has 10 heteroatoms. The topological polar surface area (TPSA) is 121 Å². The fourth-order valence-electron chi connectivity index (χ4n) is 2.57. The third-order valence-corrected chi connectivity index (χ3v) is 5.28. The maximum atomic E-state index is 12.1. The average molecular weight is 396 g/mol. The Kier molecular flexibility index (Phi) is 11.0. The Morgan fingerprint density at radius 3 is 2.23 bits per heavy atom. The second-order valence-electron chi connectivity index (χ2n) is 6.09. The van der Waals surface area contributed by atoms with Gasteiger partial charge in [-0.1, -0.05) is 30.3 Å². The zero-order valence-electron chi connectivity index (χ0n) is 15.3. The average Bonchev–Trinajstić information content (AvgIpc) is 2.81. The molecule has 1 aromatic rings. The number of nitrogens with one attached hydrogen (secondary N) is 2. The van der Waals surface area contributed by atoms with Crippen molar-refractivity contribution in [2.75, 3.05) is 0 Å². The van der Waals surface area contributed by atoms with Gasteiger partial charge >= 0.3 is 59.1 Å². The molecule has 1 aromatic carbocycles. The number of carboxylic acid groups (broad SMARTS) is 2. The van der Waals surface area contributed by atoms with E-state index >= 15 is 0 Å². The van der Waals surface area contributed by atoms with E-state index in [1.807, 2.05) is 6.07 Å². The Balaban J connectivity index is 0.00000312. The van der Waals surface area contributed by atoms with Crippen LogP contribution in [0.15, 0.2) is 30.3 Å². The van der Waals surface area contributed by atoms with Crippen LogP contribution in [0.1, 0.15) is 19.4 Å². The van der Waals surface area contributed by atoms with Gasteiger partial charge in [-0.25, -0.2) is 0 Å². The van der Waals surface area contributed by atoms with Crippen LogP contribution in [0.5, 0.6) is 0 Å². The second-order valence-corrected chi connectivity index (χ2v) is 7.88. The fourth-order valence-corrected chi connectivity index (χ4v) is 4.05. The summed E-state index contributed by atoms with van der Waals surface area (Å²) in [6.07, 6.45) is 0.0231. The molecule has 2 rings (SSSR count). The van der Waals surface area contributed by atoms with Gasteiger partial charge < -0.3 is 25.1 Å². The standard InChI is InChI=1S/C16H20N2O5S.2Na/c1-16(2)12(15(22)23)18-13(24-16)11(14(20)21)17-10(19)8-9-6-4-3-5-7-9;;/h3-7,11-13,18H,8H2,1-2H3,(H,17,19)(H,20,21)(H,22,23);;/q;2*+1/p-2/t11-,12-,13-;;/m1../s1. The first kappa shape index (κ1) is 25.9. The molecular formula is C16H18N2Na2O5S. The van der Waals surface area contributed by atoms with Gasteiger partial charge in [0, 0.05) is 4.75 Å². The zero-order valence-corrected chi connectivity index (χ0v) is 20.1. The van der Waals surface area contributed by atoms with Gasteiger partial charge in [0.2, 0.25) is 5.91 Å². The summed E-state index contributed by atoms with van der Waals surface area (Å²) in [4.78, 5) is 34.7. The van der Waals surface area contributed by atoms with Crippen molar-refractivity contribution >= 4 is 29.6 Å². The van der Waals surface area contributed by atoms with Crippen LogP contribution in [0.25, 0.3) is 0 Å². The van der Waals surface area contributed by atoms with Crippen molar-refractivity contribution in [3.63, 3.8) is 0 Å². The molecule has 0 unspecified atom stereocenters. The van der Waals surface area contributed by atoms with Crippen LogP contribution >= 0.6 is 11.8 Å². The van der Waals surface area contributed by atoms with Crippen LogP contribution in [0.2, 0.25) is 0 Å². The zero-order chi connectivity index (χ0) is 17.9. The Labute approximate surface area is 200 Å². The van der Waals surface area contributed by atoms with Crippen LogP contribution in [0, 0.1) is 0 Å². The molecule has 1 fully saturated rings. The van der Waals surface area contributed by atoms with Gasteiger partial charge in [0.15, 0.2) is 0 Å². The number of benzene rings is 1. The molecule has 1 aliphatic heterocycles. The van der Waals surface area contributed by atoms with Crippen molar-refractivity contribution < 1.29 is 83.7 Å². The largest absolute Gasteiger partial charge is 1.00 e. The molecule has 0 bridgehead atoms. The molecule has 0 aromatic heterocycles. The maximum absolute atomic E-state index is 12.1. The summed E-state index contributed by atoms with van der Waals surface area (Å²) in [5, 5.41) is 26.9. The summed E-state index contributed by atoms with van der Waals surface area (Å²) in [5.74, 6) is -3.27. The molecule has 130 valence electrons. The van der Waals surface area contributed by atoms with Crippen LogP contribution in [-0.4, -0.2) is 40.1 Å². The molecule has 1 saturated heterocycles. The first-order valence-electron chi connectivity index (χ1n) is 7.39. The van der Waals surface area contributed by atoms with Gasteiger partial charge in [-0.05, 0) is 19.4 Å². The molecule has 0 spiro atoms. The SMILES string of the molecule is CC1(C)S[C@H]([C@@H](NC(=O)Cc2ccccc2)C(=O)[O-])N[C@@H]1C(=O)[O-].[Na+].[Na+]. The number of carbonyl (C=O) groups is 3. The molecular weight excluding hydrogens is 378 g/mol. The van der Waals surface area contributed by atoms with E-state index in [9.17, 15) is 24.6 Å². The Morgan fingerprint density at radius 2 is 1.77 bits per heavy atom. The first-order valence-corrected chi connectivity index (χ1v) is 8.27. The van der Waals surface area contributed by atoms with Crippen molar-refractivity contribution in [1.82, 2.24) is 10.6 Å². The van der Waals surface area contributed by atoms with E-state index in [1.165, 1.54) is 0 Å². The molecule has 0 aliphatic carbocycles. The van der Waals surface area contributed by atoms with Crippen molar-refractivity contribution in [2.24, 2.45) is 0 Å². The number of carbonyl (C=O) groups excluding carboxylic acids is 3. The maximum Gasteiger partial charge on any atom is 1.00 e. The van der Waals surface area contributed by atoms with Gasteiger partial charge in [-0.2, -0.15) is 0 Å². The normalized spacial score (nSPS) is 21.6. The van der Waals surface area contributed by atoms with Crippen LogP contribution in [-0.2, 0) is 20.8 Å². The smallest absolute Gasteiger partial charge is 0.548 e. The molecule has 0 radical (unpaired) electrons. The molecule has 3 atom stereocenters. The Morgan fingerprint density at radius 1 is 1.19 bits per heavy atom. The van der Waals surface area contributed by atoms with Crippen molar-refractivity contribution in [2.45, 2.75) is 42.5 Å². The quantitative estimate of drug-likeness (QED) is 0.458. The fraction of sp³-hybridized carbons (Fsp3) is 0.438. The number of thioether (sulfide) groups is 1. The monoisotopic (exact) mass is 396 g/mol. The van der Waals surface area contributed by atoms with E-state index in [1.54, 1.807) is 38.1 Å². The van der Waals surface area contributed by atoms with Crippen LogP contribution in [0.3, 0.4) is 0 Å². The minimum absolute atomic E-state index is 0. The predicted molar refractivity (Wildman–Crippen MR) is 84.5 cm³/mol. The van der Waals surface area contributed by atoms with E-state index in [0.29, 0.717) is 0 Å². The van der Waals surface area contributed by atoms with Crippen molar-refractivity contribution in [3.05, 3.63) is 35.9 Å². The molecule has 1 heterocycles. The number of hydrogen-bond donors (Lipinski definition) is 2. The minimum atomic E-state index is -1.48. The summed E-state index contributed by atoms with van der Waals surface area (Å²) in [5.41, 5.74) is 0.743. The number of carboxylic acids is 2. The van der Waals surface area contributed by atoms with E-state index in [4.69, 9.17) is 0 Å². The Bertz CT molecular complexity index is 645. The summed E-state index contributed by atoms with van der Waals surface area (Å²) < 4.78 is -0.776. The number of amides is 1. The van der Waals surface area contributed by atoms with Crippen molar-refractivity contribution in [3.8, 4) is 0 Å². The molecule has 26 heavy (non-hydrogen) atoms. The van der Waals surface area contributed by atoms with E-state index in [2.05, 4.69) is 10.6 Å². The Hall–Kier alpha value is -0.0600. The summed E-state index contributed by atoms with van der Waals surface area (Å²) >= 11 is 1.12. The van der Waals surface area contributed by atoms with Gasteiger partial charge in [0.05, 0.1) is 35.8 Å². The van der Waals surface area contributed by atoms with E-state index < -0.39 is 40.1 Å².